The summed E-state index contributed by atoms with van der Waals surface area (Å²) in [4.78, 5) is 14.1. The topological polar surface area (TPSA) is 32.9 Å². The highest BCUT2D eigenvalue weighted by atomic mass is 16.1. The van der Waals surface area contributed by atoms with Crippen molar-refractivity contribution >= 4 is 0 Å². The zero-order valence-electron chi connectivity index (χ0n) is 8.44. The van der Waals surface area contributed by atoms with Crippen LogP contribution < -0.4 is 5.56 Å². The molecule has 2 heteroatoms. The van der Waals surface area contributed by atoms with E-state index in [0.717, 1.165) is 18.4 Å². The summed E-state index contributed by atoms with van der Waals surface area (Å²) in [6.45, 7) is 0. The number of hydrogen-bond donors (Lipinski definition) is 1. The van der Waals surface area contributed by atoms with Crippen LogP contribution in [0.2, 0.25) is 0 Å². The second kappa shape index (κ2) is 4.60. The van der Waals surface area contributed by atoms with Crippen LogP contribution in [0.25, 0.3) is 0 Å². The van der Waals surface area contributed by atoms with Gasteiger partial charge in [-0.1, -0.05) is 36.4 Å². The molecule has 15 heavy (non-hydrogen) atoms. The fourth-order valence-corrected chi connectivity index (χ4v) is 1.58. The van der Waals surface area contributed by atoms with Gasteiger partial charge in [-0.2, -0.15) is 0 Å². The highest BCUT2D eigenvalue weighted by Crippen LogP contribution is 2.03. The van der Waals surface area contributed by atoms with Gasteiger partial charge in [0.05, 0.1) is 0 Å². The molecule has 2 rings (SSSR count). The van der Waals surface area contributed by atoms with Gasteiger partial charge in [-0.3, -0.25) is 4.79 Å². The lowest BCUT2D eigenvalue weighted by atomic mass is 10.1. The molecular formula is C13H13NO. The van der Waals surface area contributed by atoms with Crippen molar-refractivity contribution in [3.63, 3.8) is 0 Å². The molecule has 0 aliphatic carbocycles. The monoisotopic (exact) mass is 199 g/mol. The first-order chi connectivity index (χ1) is 7.36. The van der Waals surface area contributed by atoms with E-state index in [0.29, 0.717) is 0 Å². The summed E-state index contributed by atoms with van der Waals surface area (Å²) in [6, 6.07) is 13.9. The Kier molecular flexibility index (Phi) is 2.98. The molecule has 0 fully saturated rings. The van der Waals surface area contributed by atoms with Crippen LogP contribution in [0, 0.1) is 0 Å². The third-order valence-electron chi connectivity index (χ3n) is 2.43. The van der Waals surface area contributed by atoms with Gasteiger partial charge in [0.15, 0.2) is 0 Å². The van der Waals surface area contributed by atoms with Gasteiger partial charge in [-0.15, -0.1) is 0 Å². The summed E-state index contributed by atoms with van der Waals surface area (Å²) < 4.78 is 0. The van der Waals surface area contributed by atoms with Crippen LogP contribution in [0.1, 0.15) is 11.1 Å². The van der Waals surface area contributed by atoms with E-state index in [-0.39, 0.29) is 5.56 Å². The van der Waals surface area contributed by atoms with Crippen LogP contribution in [0.3, 0.4) is 0 Å². The maximum atomic E-state index is 11.4. The van der Waals surface area contributed by atoms with Crippen molar-refractivity contribution in [2.24, 2.45) is 0 Å². The van der Waals surface area contributed by atoms with Crippen LogP contribution in [0.15, 0.2) is 53.5 Å². The number of aromatic amines is 1. The molecule has 1 aromatic heterocycles. The zero-order chi connectivity index (χ0) is 10.5. The first-order valence-electron chi connectivity index (χ1n) is 5.07. The number of pyridine rings is 1. The summed E-state index contributed by atoms with van der Waals surface area (Å²) in [6.07, 6.45) is 3.36. The van der Waals surface area contributed by atoms with Crippen molar-refractivity contribution < 1.29 is 0 Å². The third kappa shape index (κ3) is 2.56. The Balaban J connectivity index is 2.06. The predicted octanol–water partition coefficient (Wildman–Crippen LogP) is 2.16. The predicted molar refractivity (Wildman–Crippen MR) is 60.9 cm³/mol. The summed E-state index contributed by atoms with van der Waals surface area (Å²) in [5.74, 6) is 0. The van der Waals surface area contributed by atoms with Crippen LogP contribution in [-0.2, 0) is 12.8 Å². The zero-order valence-corrected chi connectivity index (χ0v) is 8.44. The Bertz CT molecular complexity index is 473. The van der Waals surface area contributed by atoms with Crippen molar-refractivity contribution in [1.29, 1.82) is 0 Å². The Morgan fingerprint density at radius 2 is 1.73 bits per heavy atom. The third-order valence-corrected chi connectivity index (χ3v) is 2.43. The SMILES string of the molecule is O=c1[nH]cccc1CCc1ccccc1. The van der Waals surface area contributed by atoms with Gasteiger partial charge in [-0.25, -0.2) is 0 Å². The van der Waals surface area contributed by atoms with Crippen molar-refractivity contribution in [2.75, 3.05) is 0 Å². The molecular weight excluding hydrogens is 186 g/mol. The molecule has 0 atom stereocenters. The smallest absolute Gasteiger partial charge is 0.251 e. The normalized spacial score (nSPS) is 10.1. The summed E-state index contributed by atoms with van der Waals surface area (Å²) in [7, 11) is 0. The number of aryl methyl sites for hydroxylation is 2. The minimum Gasteiger partial charge on any atom is -0.329 e. The molecule has 1 aromatic carbocycles. The van der Waals surface area contributed by atoms with Crippen molar-refractivity contribution in [1.82, 2.24) is 4.98 Å². The largest absolute Gasteiger partial charge is 0.329 e. The highest BCUT2D eigenvalue weighted by Gasteiger charge is 1.98. The van der Waals surface area contributed by atoms with Gasteiger partial charge >= 0.3 is 0 Å². The lowest BCUT2D eigenvalue weighted by Gasteiger charge is -2.00. The van der Waals surface area contributed by atoms with Crippen molar-refractivity contribution in [2.45, 2.75) is 12.8 Å². The van der Waals surface area contributed by atoms with Crippen LogP contribution in [-0.4, -0.2) is 4.98 Å². The molecule has 2 nitrogen and oxygen atoms in total. The first kappa shape index (κ1) is 9.71. The lowest BCUT2D eigenvalue weighted by Crippen LogP contribution is -2.11. The molecule has 1 heterocycles. The van der Waals surface area contributed by atoms with E-state index >= 15 is 0 Å². The maximum absolute atomic E-state index is 11.4. The van der Waals surface area contributed by atoms with Gasteiger partial charge < -0.3 is 4.98 Å². The minimum atomic E-state index is 0.0217. The fraction of sp³-hybridized carbons (Fsp3) is 0.154. The summed E-state index contributed by atoms with van der Waals surface area (Å²) >= 11 is 0. The minimum absolute atomic E-state index is 0.0217. The van der Waals surface area contributed by atoms with E-state index < -0.39 is 0 Å². The molecule has 0 unspecified atom stereocenters. The fourth-order valence-electron chi connectivity index (χ4n) is 1.58. The van der Waals surface area contributed by atoms with Crippen LogP contribution >= 0.6 is 0 Å². The lowest BCUT2D eigenvalue weighted by molar-refractivity contribution is 0.933. The number of rotatable bonds is 3. The molecule has 76 valence electrons. The van der Waals surface area contributed by atoms with Gasteiger partial charge in [0, 0.05) is 11.8 Å². The molecule has 1 N–H and O–H groups in total. The maximum Gasteiger partial charge on any atom is 0.251 e. The highest BCUT2D eigenvalue weighted by molar-refractivity contribution is 5.17. The first-order valence-corrected chi connectivity index (χ1v) is 5.07. The molecule has 0 saturated carbocycles. The van der Waals surface area contributed by atoms with E-state index in [1.54, 1.807) is 6.20 Å². The number of hydrogen-bond acceptors (Lipinski definition) is 1. The van der Waals surface area contributed by atoms with E-state index in [2.05, 4.69) is 17.1 Å². The molecule has 0 bridgehead atoms. The van der Waals surface area contributed by atoms with Gasteiger partial charge in [0.1, 0.15) is 0 Å². The second-order valence-corrected chi connectivity index (χ2v) is 3.51. The number of benzene rings is 1. The Labute approximate surface area is 88.6 Å². The van der Waals surface area contributed by atoms with Crippen LogP contribution in [0.4, 0.5) is 0 Å². The van der Waals surface area contributed by atoms with Gasteiger partial charge in [-0.05, 0) is 24.5 Å². The molecule has 0 aliphatic rings. The Morgan fingerprint density at radius 3 is 2.47 bits per heavy atom. The van der Waals surface area contributed by atoms with Crippen LogP contribution in [0.5, 0.6) is 0 Å². The van der Waals surface area contributed by atoms with E-state index in [9.17, 15) is 4.79 Å². The molecule has 0 spiro atoms. The Hall–Kier alpha value is -1.83. The Morgan fingerprint density at radius 1 is 0.933 bits per heavy atom. The van der Waals surface area contributed by atoms with Crippen molar-refractivity contribution in [3.05, 3.63) is 70.1 Å². The van der Waals surface area contributed by atoms with E-state index in [4.69, 9.17) is 0 Å². The van der Waals surface area contributed by atoms with Crippen molar-refractivity contribution in [3.8, 4) is 0 Å². The molecule has 0 amide bonds. The van der Waals surface area contributed by atoms with E-state index in [1.165, 1.54) is 5.56 Å². The molecule has 2 aromatic rings. The molecule has 0 radical (unpaired) electrons. The summed E-state index contributed by atoms with van der Waals surface area (Å²) in [5, 5.41) is 0. The number of nitrogens with one attached hydrogen (secondary N) is 1. The quantitative estimate of drug-likeness (QED) is 0.807. The number of aromatic nitrogens is 1. The van der Waals surface area contributed by atoms with E-state index in [1.807, 2.05) is 30.3 Å². The standard InChI is InChI=1S/C13H13NO/c15-13-12(7-4-10-14-13)9-8-11-5-2-1-3-6-11/h1-7,10H,8-9H2,(H,14,15). The summed E-state index contributed by atoms with van der Waals surface area (Å²) in [5.41, 5.74) is 2.13. The average Bonchev–Trinajstić information content (AvgIpc) is 2.29. The average molecular weight is 199 g/mol. The second-order valence-electron chi connectivity index (χ2n) is 3.51. The van der Waals surface area contributed by atoms with Gasteiger partial charge in [0.25, 0.3) is 5.56 Å². The molecule has 0 saturated heterocycles. The number of H-pyrrole nitrogens is 1. The van der Waals surface area contributed by atoms with Gasteiger partial charge in [0.2, 0.25) is 0 Å². The molecule has 0 aliphatic heterocycles.